The van der Waals surface area contributed by atoms with Gasteiger partial charge in [-0.3, -0.25) is 53.8 Å². The molecule has 516 valence electrons. The van der Waals surface area contributed by atoms with Gasteiger partial charge in [-0.15, -0.1) is 0 Å². The summed E-state index contributed by atoms with van der Waals surface area (Å²) in [5.74, 6) is -5.52. The number of aromatic nitrogens is 12. The van der Waals surface area contributed by atoms with Crippen LogP contribution in [-0.4, -0.2) is 105 Å². The number of nitrogens with one attached hydrogen (secondary N) is 4. The molecular formula is C64H53BrF8N18O9. The number of benzene rings is 4. The summed E-state index contributed by atoms with van der Waals surface area (Å²) in [4.78, 5) is 80.7. The molecule has 0 bridgehead atoms. The molecule has 14 rings (SSSR count). The molecule has 12 aromatic rings. The van der Waals surface area contributed by atoms with Gasteiger partial charge in [0.15, 0.2) is 0 Å². The molecule has 4 aromatic carbocycles. The van der Waals surface area contributed by atoms with E-state index < -0.39 is 62.3 Å². The molecule has 0 saturated carbocycles. The Hall–Kier alpha value is -12.6. The van der Waals surface area contributed by atoms with Gasteiger partial charge >= 0.3 is 17.5 Å². The molecule has 10 heterocycles. The smallest absolute Gasteiger partial charge is 0.373 e. The number of amides is 3. The van der Waals surface area contributed by atoms with Crippen LogP contribution in [-0.2, 0) is 34.6 Å². The Morgan fingerprint density at radius 2 is 1.07 bits per heavy atom. The molecule has 2 aliphatic rings. The molecule has 0 saturated heterocycles. The van der Waals surface area contributed by atoms with Crippen molar-refractivity contribution in [3.63, 3.8) is 0 Å². The molecule has 0 fully saturated rings. The molecule has 6 N–H and O–H groups in total. The fraction of sp³-hybridized carbons (Fsp3) is 0.156. The van der Waals surface area contributed by atoms with Crippen LogP contribution in [0.1, 0.15) is 79.7 Å². The van der Waals surface area contributed by atoms with E-state index in [0.29, 0.717) is 58.0 Å². The molecule has 2 aliphatic heterocycles. The van der Waals surface area contributed by atoms with Crippen molar-refractivity contribution in [2.75, 3.05) is 24.1 Å². The van der Waals surface area contributed by atoms with E-state index in [0.717, 1.165) is 59.1 Å². The number of nitrogens with two attached hydrogens (primary N) is 1. The Kier molecular flexibility index (Phi) is 24.8. The summed E-state index contributed by atoms with van der Waals surface area (Å²) in [5, 5.41) is 48.3. The van der Waals surface area contributed by atoms with Gasteiger partial charge in [-0.2, -0.15) is 30.0 Å². The van der Waals surface area contributed by atoms with Crippen molar-refractivity contribution in [1.29, 1.82) is 0 Å². The Balaban J connectivity index is 0.000000161. The second-order valence-corrected chi connectivity index (χ2v) is 21.9. The van der Waals surface area contributed by atoms with Crippen LogP contribution in [0.15, 0.2) is 165 Å². The summed E-state index contributed by atoms with van der Waals surface area (Å²) in [7, 11) is 0. The highest BCUT2D eigenvalue weighted by atomic mass is 79.9. The second kappa shape index (κ2) is 33.9. The van der Waals surface area contributed by atoms with Gasteiger partial charge in [-0.05, 0) is 80.1 Å². The zero-order valence-electron chi connectivity index (χ0n) is 52.0. The minimum atomic E-state index is -0.705. The van der Waals surface area contributed by atoms with E-state index in [1.165, 1.54) is 81.3 Å². The second-order valence-electron chi connectivity index (χ2n) is 21.3. The highest BCUT2D eigenvalue weighted by molar-refractivity contribution is 9.08. The lowest BCUT2D eigenvalue weighted by atomic mass is 10.2. The summed E-state index contributed by atoms with van der Waals surface area (Å²) in [6.07, 6.45) is 12.7. The number of carbonyl (C=O) groups is 3. The molecule has 8 aromatic heterocycles. The third-order valence-electron chi connectivity index (χ3n) is 14.2. The molecule has 27 nitrogen and oxygen atoms in total. The number of H-pyrrole nitrogens is 1. The maximum absolute atomic E-state index is 13.9. The number of pyridine rings is 2. The Morgan fingerprint density at radius 1 is 0.610 bits per heavy atom. The van der Waals surface area contributed by atoms with Gasteiger partial charge < -0.3 is 30.8 Å². The van der Waals surface area contributed by atoms with E-state index in [-0.39, 0.29) is 77.9 Å². The Morgan fingerprint density at radius 3 is 1.51 bits per heavy atom. The van der Waals surface area contributed by atoms with Crippen LogP contribution in [0.3, 0.4) is 0 Å². The Bertz CT molecular complexity index is 4940. The predicted octanol–water partition coefficient (Wildman–Crippen LogP) is 11.0. The van der Waals surface area contributed by atoms with Gasteiger partial charge in [-0.25, -0.2) is 45.1 Å². The van der Waals surface area contributed by atoms with Gasteiger partial charge in [0.2, 0.25) is 0 Å². The van der Waals surface area contributed by atoms with Crippen molar-refractivity contribution in [3.05, 3.63) is 271 Å². The van der Waals surface area contributed by atoms with Gasteiger partial charge in [0.25, 0.3) is 17.7 Å². The number of halogens is 9. The number of nitrogens with zero attached hydrogens (tertiary/aromatic N) is 13. The molecule has 100 heavy (non-hydrogen) atoms. The molecule has 2 atom stereocenters. The first-order valence-corrected chi connectivity index (χ1v) is 30.2. The first-order valence-electron chi connectivity index (χ1n) is 29.1. The minimum Gasteiger partial charge on any atom is -0.396 e. The van der Waals surface area contributed by atoms with E-state index in [2.05, 4.69) is 74.3 Å². The lowest BCUT2D eigenvalue weighted by Gasteiger charge is -2.23. The first kappa shape index (κ1) is 73.2. The quantitative estimate of drug-likeness (QED) is 0.0348. The number of hydrogen-bond donors (Lipinski definition) is 5. The number of hydrogen-bond acceptors (Lipinski definition) is 16. The molecule has 0 spiro atoms. The van der Waals surface area contributed by atoms with Crippen molar-refractivity contribution in [2.24, 2.45) is 0 Å². The fourth-order valence-corrected chi connectivity index (χ4v) is 9.97. The molecule has 0 unspecified atom stereocenters. The summed E-state index contributed by atoms with van der Waals surface area (Å²) >= 11 is 3.07. The van der Waals surface area contributed by atoms with Crippen molar-refractivity contribution in [2.45, 2.75) is 50.9 Å². The monoisotopic (exact) mass is 1450 g/mol. The van der Waals surface area contributed by atoms with Crippen LogP contribution in [0.25, 0.3) is 22.1 Å². The van der Waals surface area contributed by atoms with E-state index >= 15 is 0 Å². The highest BCUT2D eigenvalue weighted by Gasteiger charge is 2.27. The molecule has 0 aliphatic carbocycles. The summed E-state index contributed by atoms with van der Waals surface area (Å²) in [5.41, 5.74) is 10.4. The lowest BCUT2D eigenvalue weighted by Crippen LogP contribution is -2.37. The van der Waals surface area contributed by atoms with Crippen molar-refractivity contribution in [1.82, 2.24) is 69.3 Å². The van der Waals surface area contributed by atoms with Gasteiger partial charge in [0.05, 0.1) is 71.5 Å². The third-order valence-corrected chi connectivity index (χ3v) is 14.9. The highest BCUT2D eigenvalue weighted by Crippen LogP contribution is 2.28. The van der Waals surface area contributed by atoms with Crippen molar-refractivity contribution < 1.29 is 68.9 Å². The Labute approximate surface area is 566 Å². The summed E-state index contributed by atoms with van der Waals surface area (Å²) in [6.45, 7) is 5.55. The van der Waals surface area contributed by atoms with Crippen LogP contribution in [0, 0.1) is 66.8 Å². The number of nitro groups is 2. The summed E-state index contributed by atoms with van der Waals surface area (Å²) in [6, 6.07) is 24.6. The van der Waals surface area contributed by atoms with Crippen LogP contribution >= 0.6 is 15.9 Å². The number of anilines is 2. The number of carbonyl (C=O) groups excluding carboxylic acids is 5. The van der Waals surface area contributed by atoms with E-state index in [9.17, 15) is 69.7 Å². The number of aromatic amines is 1. The van der Waals surface area contributed by atoms with Gasteiger partial charge in [0, 0.05) is 88.7 Å². The molecule has 36 heteroatoms. The number of nitrogen functional groups attached to an aromatic ring is 1. The van der Waals surface area contributed by atoms with E-state index in [1.54, 1.807) is 36.8 Å². The molecular weight excluding hydrogens is 1400 g/mol. The topological polar surface area (TPSA) is 352 Å². The third kappa shape index (κ3) is 19.3. The zero-order valence-corrected chi connectivity index (χ0v) is 53.5. The average molecular weight is 1450 g/mol. The standard InChI is InChI=1S/C22H18F2N6O2.C11H11N3O.C10H7F2N3O2.C10H9F2N3.C7H5BrF2.C3H3N3O2.CO2/c1-12-8-25-22(32)19-6-13-3-5-18(28-20(13)30(12)19)21(31)27-16-9-26-29(11-16)10-14-2-4-15(23)7-17(14)24;1-7-6-13-11(15)9-5-8-3-2-4-12-10(8)14(7)9;11-8-2-1-7(10(12)3-8)5-14-6-9(4-13-14)15(16)17;11-8-2-1-7(10(12)3-8)5-15-6-9(13)4-14-15;8-4-5-1-2-6(9)3-7(5)10;7-6(8)3-1-4-5-2-3;2-1-3/h2-7,9,11-12H,8,10H2,1H3,(H,25,32)(H,27,31);2-5,7H,6H2,1H3,(H,13,15);1-4,6H,5H2;1-4,6H,5,13H2;1-3H,4H2;1-2H,(H,4,5);/t12-;7-;;;;;/m11...../s1. The SMILES string of the molecule is C[C@@H]1CNC(=O)c2cc3ccc(C(=O)Nc4cnn(Cc5ccc(F)cc5F)c4)nc3n21.C[C@@H]1CNC(=O)c2cc3cccnc3n21.Fc1ccc(CBr)c(F)c1.Nc1cnn(Cc2ccc(F)cc2F)c1.O=C=O.O=[N+]([O-])c1cn[nH]c1.O=[N+]([O-])c1cnn(Cc2ccc(F)cc2F)c1. The minimum absolute atomic E-state index is 0.00824. The molecule has 0 radical (unpaired) electrons. The van der Waals surface area contributed by atoms with Gasteiger partial charge in [0.1, 0.15) is 93.5 Å². The largest absolute Gasteiger partial charge is 0.396 e. The average Bonchev–Trinajstić information content (AvgIpc) is 1.62. The van der Waals surface area contributed by atoms with Crippen molar-refractivity contribution >= 4 is 84.6 Å². The first-order chi connectivity index (χ1) is 47.8. The maximum atomic E-state index is 13.9. The van der Waals surface area contributed by atoms with Crippen LogP contribution < -0.4 is 21.7 Å². The van der Waals surface area contributed by atoms with Crippen molar-refractivity contribution in [3.8, 4) is 0 Å². The predicted molar refractivity (Wildman–Crippen MR) is 345 cm³/mol. The van der Waals surface area contributed by atoms with E-state index in [4.69, 9.17) is 15.3 Å². The number of rotatable bonds is 11. The zero-order chi connectivity index (χ0) is 72.3. The fourth-order valence-electron chi connectivity index (χ4n) is 9.52. The maximum Gasteiger partial charge on any atom is 0.373 e. The molecule has 3 amide bonds. The van der Waals surface area contributed by atoms with Gasteiger partial charge in [-0.1, -0.05) is 40.2 Å². The summed E-state index contributed by atoms with van der Waals surface area (Å²) < 4.78 is 111. The number of fused-ring (bicyclic) bond motifs is 6. The lowest BCUT2D eigenvalue weighted by molar-refractivity contribution is -0.385. The normalized spacial score (nSPS) is 13.1. The number of alkyl halides is 1. The van der Waals surface area contributed by atoms with Crippen LogP contribution in [0.2, 0.25) is 0 Å². The van der Waals surface area contributed by atoms with Crippen LogP contribution in [0.4, 0.5) is 57.9 Å². The van der Waals surface area contributed by atoms with E-state index in [1.807, 2.05) is 34.3 Å². The van der Waals surface area contributed by atoms with Crippen LogP contribution in [0.5, 0.6) is 0 Å².